The number of amides is 1. The maximum Gasteiger partial charge on any atom is 0.224 e. The van der Waals surface area contributed by atoms with Crippen LogP contribution in [0.3, 0.4) is 0 Å². The number of imidazole rings is 1. The predicted octanol–water partition coefficient (Wildman–Crippen LogP) is 3.26. The predicted molar refractivity (Wildman–Crippen MR) is 86.1 cm³/mol. The number of nitrogens with zero attached hydrogens (tertiary/aromatic N) is 3. The SMILES string of the molecule is Cc1nc2ccccn2c1CCC(=O)Nc1ccnc(Cl)c1. The highest BCUT2D eigenvalue weighted by Gasteiger charge is 2.10. The van der Waals surface area contributed by atoms with Gasteiger partial charge in [0.2, 0.25) is 5.91 Å². The van der Waals surface area contributed by atoms with E-state index in [0.717, 1.165) is 17.0 Å². The first-order chi connectivity index (χ1) is 10.6. The van der Waals surface area contributed by atoms with Crippen LogP contribution in [0.5, 0.6) is 0 Å². The van der Waals surface area contributed by atoms with E-state index in [9.17, 15) is 4.79 Å². The zero-order chi connectivity index (χ0) is 15.5. The third-order valence-electron chi connectivity index (χ3n) is 3.43. The zero-order valence-electron chi connectivity index (χ0n) is 12.1. The molecule has 0 unspecified atom stereocenters. The van der Waals surface area contributed by atoms with Crippen molar-refractivity contribution in [2.75, 3.05) is 5.32 Å². The summed E-state index contributed by atoms with van der Waals surface area (Å²) in [4.78, 5) is 20.4. The molecule has 0 bridgehead atoms. The average molecular weight is 315 g/mol. The fourth-order valence-corrected chi connectivity index (χ4v) is 2.57. The third kappa shape index (κ3) is 3.09. The smallest absolute Gasteiger partial charge is 0.224 e. The highest BCUT2D eigenvalue weighted by Crippen LogP contribution is 2.15. The van der Waals surface area contributed by atoms with Gasteiger partial charge in [-0.05, 0) is 37.6 Å². The van der Waals surface area contributed by atoms with Crippen LogP contribution in [0.1, 0.15) is 17.8 Å². The Hall–Kier alpha value is -2.40. The van der Waals surface area contributed by atoms with E-state index in [2.05, 4.69) is 15.3 Å². The number of fused-ring (bicyclic) bond motifs is 1. The van der Waals surface area contributed by atoms with Crippen LogP contribution < -0.4 is 5.32 Å². The molecule has 0 fully saturated rings. The number of nitrogens with one attached hydrogen (secondary N) is 1. The number of pyridine rings is 2. The van der Waals surface area contributed by atoms with Crippen molar-refractivity contribution < 1.29 is 4.79 Å². The van der Waals surface area contributed by atoms with Crippen LogP contribution in [-0.2, 0) is 11.2 Å². The maximum atomic E-state index is 12.1. The summed E-state index contributed by atoms with van der Waals surface area (Å²) in [7, 11) is 0. The molecule has 1 N–H and O–H groups in total. The molecule has 3 aromatic heterocycles. The standard InChI is InChI=1S/C16H15ClN4O/c1-11-13(21-9-3-2-4-15(21)19-11)5-6-16(22)20-12-7-8-18-14(17)10-12/h2-4,7-10H,5-6H2,1H3,(H,18,20,22). The Bertz CT molecular complexity index is 828. The lowest BCUT2D eigenvalue weighted by atomic mass is 10.2. The van der Waals surface area contributed by atoms with E-state index in [1.807, 2.05) is 35.7 Å². The molecule has 22 heavy (non-hydrogen) atoms. The van der Waals surface area contributed by atoms with Gasteiger partial charge in [-0.3, -0.25) is 4.79 Å². The molecule has 1 amide bonds. The summed E-state index contributed by atoms with van der Waals surface area (Å²) in [6, 6.07) is 9.19. The number of aryl methyl sites for hydroxylation is 2. The van der Waals surface area contributed by atoms with Gasteiger partial charge >= 0.3 is 0 Å². The van der Waals surface area contributed by atoms with E-state index < -0.39 is 0 Å². The van der Waals surface area contributed by atoms with Crippen molar-refractivity contribution in [3.8, 4) is 0 Å². The molecule has 0 aliphatic carbocycles. The number of hydrogen-bond acceptors (Lipinski definition) is 3. The third-order valence-corrected chi connectivity index (χ3v) is 3.63. The van der Waals surface area contributed by atoms with Crippen LogP contribution in [0.15, 0.2) is 42.7 Å². The Morgan fingerprint density at radius 1 is 1.36 bits per heavy atom. The minimum Gasteiger partial charge on any atom is -0.326 e. The molecule has 0 radical (unpaired) electrons. The van der Waals surface area contributed by atoms with Crippen LogP contribution >= 0.6 is 11.6 Å². The van der Waals surface area contributed by atoms with Crippen molar-refractivity contribution in [1.82, 2.24) is 14.4 Å². The Balaban J connectivity index is 1.69. The van der Waals surface area contributed by atoms with Gasteiger partial charge in [-0.25, -0.2) is 9.97 Å². The summed E-state index contributed by atoms with van der Waals surface area (Å²) in [5.74, 6) is -0.0625. The number of rotatable bonds is 4. The normalized spacial score (nSPS) is 10.8. The Morgan fingerprint density at radius 2 is 2.23 bits per heavy atom. The molecule has 3 rings (SSSR count). The van der Waals surface area contributed by atoms with Crippen molar-refractivity contribution in [3.05, 3.63) is 59.3 Å². The van der Waals surface area contributed by atoms with E-state index in [1.54, 1.807) is 18.3 Å². The van der Waals surface area contributed by atoms with Crippen LogP contribution in [-0.4, -0.2) is 20.3 Å². The number of carbonyl (C=O) groups excluding carboxylic acids is 1. The molecule has 3 aromatic rings. The van der Waals surface area contributed by atoms with E-state index in [0.29, 0.717) is 23.7 Å². The first-order valence-electron chi connectivity index (χ1n) is 6.97. The summed E-state index contributed by atoms with van der Waals surface area (Å²) >= 11 is 5.80. The van der Waals surface area contributed by atoms with Crippen molar-refractivity contribution in [3.63, 3.8) is 0 Å². The molecule has 3 heterocycles. The molecule has 0 saturated carbocycles. The largest absolute Gasteiger partial charge is 0.326 e. The van der Waals surface area contributed by atoms with Crippen LogP contribution in [0.25, 0.3) is 5.65 Å². The van der Waals surface area contributed by atoms with Gasteiger partial charge in [0.1, 0.15) is 10.8 Å². The number of halogens is 1. The van der Waals surface area contributed by atoms with Crippen LogP contribution in [0.4, 0.5) is 5.69 Å². The summed E-state index contributed by atoms with van der Waals surface area (Å²) in [6.45, 7) is 1.96. The van der Waals surface area contributed by atoms with E-state index in [4.69, 9.17) is 11.6 Å². The summed E-state index contributed by atoms with van der Waals surface area (Å²) < 4.78 is 2.02. The monoisotopic (exact) mass is 314 g/mol. The Morgan fingerprint density at radius 3 is 3.05 bits per heavy atom. The van der Waals surface area contributed by atoms with Crippen LogP contribution in [0, 0.1) is 6.92 Å². The maximum absolute atomic E-state index is 12.1. The molecule has 0 aliphatic rings. The fourth-order valence-electron chi connectivity index (χ4n) is 2.40. The van der Waals surface area contributed by atoms with Gasteiger partial charge in [0, 0.05) is 30.2 Å². The van der Waals surface area contributed by atoms with Crippen molar-refractivity contribution in [1.29, 1.82) is 0 Å². The number of hydrogen-bond donors (Lipinski definition) is 1. The minimum absolute atomic E-state index is 0.0625. The van der Waals surface area contributed by atoms with Gasteiger partial charge in [-0.1, -0.05) is 17.7 Å². The number of aromatic nitrogens is 3. The molecular formula is C16H15ClN4O. The molecule has 0 atom stereocenters. The summed E-state index contributed by atoms with van der Waals surface area (Å²) in [5.41, 5.74) is 3.56. The summed E-state index contributed by atoms with van der Waals surface area (Å²) in [6.07, 6.45) is 4.53. The second-order valence-electron chi connectivity index (χ2n) is 4.99. The van der Waals surface area contributed by atoms with Gasteiger partial charge in [-0.15, -0.1) is 0 Å². The van der Waals surface area contributed by atoms with Gasteiger partial charge in [0.25, 0.3) is 0 Å². The highest BCUT2D eigenvalue weighted by molar-refractivity contribution is 6.29. The zero-order valence-corrected chi connectivity index (χ0v) is 12.8. The Kier molecular flexibility index (Phi) is 4.06. The number of anilines is 1. The quantitative estimate of drug-likeness (QED) is 0.752. The lowest BCUT2D eigenvalue weighted by Crippen LogP contribution is -2.13. The lowest BCUT2D eigenvalue weighted by Gasteiger charge is -2.06. The molecule has 5 nitrogen and oxygen atoms in total. The molecule has 6 heteroatoms. The van der Waals surface area contributed by atoms with E-state index in [1.165, 1.54) is 0 Å². The minimum atomic E-state index is -0.0625. The lowest BCUT2D eigenvalue weighted by molar-refractivity contribution is -0.116. The molecule has 0 aliphatic heterocycles. The molecule has 0 aromatic carbocycles. The van der Waals surface area contributed by atoms with Crippen molar-refractivity contribution >= 4 is 28.8 Å². The first kappa shape index (κ1) is 14.5. The first-order valence-corrected chi connectivity index (χ1v) is 7.35. The molecule has 112 valence electrons. The second-order valence-corrected chi connectivity index (χ2v) is 5.38. The van der Waals surface area contributed by atoms with E-state index in [-0.39, 0.29) is 5.91 Å². The van der Waals surface area contributed by atoms with Gasteiger partial charge in [0.05, 0.1) is 5.69 Å². The number of carbonyl (C=O) groups is 1. The fraction of sp³-hybridized carbons (Fsp3) is 0.188. The van der Waals surface area contributed by atoms with Crippen molar-refractivity contribution in [2.24, 2.45) is 0 Å². The summed E-state index contributed by atoms with van der Waals surface area (Å²) in [5, 5.41) is 3.18. The van der Waals surface area contributed by atoms with Crippen molar-refractivity contribution in [2.45, 2.75) is 19.8 Å². The van der Waals surface area contributed by atoms with Gasteiger partial charge in [-0.2, -0.15) is 0 Å². The average Bonchev–Trinajstić information content (AvgIpc) is 2.80. The molecular weight excluding hydrogens is 300 g/mol. The second kappa shape index (κ2) is 6.15. The molecule has 0 saturated heterocycles. The van der Waals surface area contributed by atoms with Gasteiger partial charge < -0.3 is 9.72 Å². The topological polar surface area (TPSA) is 59.3 Å². The highest BCUT2D eigenvalue weighted by atomic mass is 35.5. The van der Waals surface area contributed by atoms with Gasteiger partial charge in [0.15, 0.2) is 0 Å². The Labute approximate surface area is 133 Å². The van der Waals surface area contributed by atoms with Crippen LogP contribution in [0.2, 0.25) is 5.15 Å². The molecule has 0 spiro atoms. The van der Waals surface area contributed by atoms with E-state index >= 15 is 0 Å².